The Morgan fingerprint density at radius 1 is 1.50 bits per heavy atom. The smallest absolute Gasteiger partial charge is 0.855 e. The van der Waals surface area contributed by atoms with Crippen LogP contribution in [-0.2, 0) is 0 Å². The third kappa shape index (κ3) is 209. The van der Waals surface area contributed by atoms with E-state index in [0.717, 1.165) is 7.11 Å². The van der Waals surface area contributed by atoms with E-state index >= 15 is 0 Å². The maximum atomic E-state index is 8.93. The quantitative estimate of drug-likeness (QED) is 0.304. The molecule has 0 aromatic heterocycles. The normalized spacial score (nSPS) is 4.00. The molecule has 2 nitrogen and oxygen atoms in total. The number of aliphatic hydroxyl groups is 1. The van der Waals surface area contributed by atoms with Gasteiger partial charge in [0, 0.05) is 7.11 Å². The van der Waals surface area contributed by atoms with Crippen molar-refractivity contribution in [3.8, 4) is 0 Å². The molecule has 0 bridgehead atoms. The third-order valence-corrected chi connectivity index (χ3v) is 0. The minimum absolute atomic E-state index is 0. The molecule has 0 aliphatic heterocycles. The average molecular weight is 84.0 g/mol. The summed E-state index contributed by atoms with van der Waals surface area (Å²) < 4.78 is 0. The molecule has 0 saturated heterocycles. The SMILES string of the molecule is CC[O-].CO.[Li+]. The fourth-order valence-corrected chi connectivity index (χ4v) is 0. The number of hydrogen-bond donors (Lipinski definition) is 1. The molecular weight excluding hydrogens is 75.0 g/mol. The van der Waals surface area contributed by atoms with Crippen LogP contribution in [0.15, 0.2) is 0 Å². The van der Waals surface area contributed by atoms with Crippen molar-refractivity contribution in [2.24, 2.45) is 0 Å². The predicted octanol–water partition coefficient (Wildman–Crippen LogP) is -4.02. The predicted molar refractivity (Wildman–Crippen MR) is 18.7 cm³/mol. The summed E-state index contributed by atoms with van der Waals surface area (Å²) in [7, 11) is 1.00. The molecule has 0 heterocycles. The minimum Gasteiger partial charge on any atom is -0.855 e. The van der Waals surface area contributed by atoms with E-state index < -0.39 is 0 Å². The minimum atomic E-state index is 0. The Kier molecular flexibility index (Phi) is 131. The molecule has 0 unspecified atom stereocenters. The van der Waals surface area contributed by atoms with Gasteiger partial charge in [0.25, 0.3) is 0 Å². The van der Waals surface area contributed by atoms with Gasteiger partial charge in [0.15, 0.2) is 0 Å². The van der Waals surface area contributed by atoms with E-state index in [-0.39, 0.29) is 25.5 Å². The van der Waals surface area contributed by atoms with Crippen molar-refractivity contribution in [1.82, 2.24) is 0 Å². The molecule has 0 amide bonds. The molecule has 34 valence electrons. The van der Waals surface area contributed by atoms with E-state index in [1.165, 1.54) is 0 Å². The molecular formula is C3H9LiO2. The van der Waals surface area contributed by atoms with Crippen molar-refractivity contribution in [1.29, 1.82) is 0 Å². The molecule has 3 heteroatoms. The van der Waals surface area contributed by atoms with Crippen molar-refractivity contribution in [3.05, 3.63) is 0 Å². The first-order valence-electron chi connectivity index (χ1n) is 1.44. The van der Waals surface area contributed by atoms with Gasteiger partial charge in [-0.15, -0.1) is 6.61 Å². The average Bonchev–Trinajstić information content (AvgIpc) is 1.46. The van der Waals surface area contributed by atoms with Crippen LogP contribution in [0.25, 0.3) is 0 Å². The third-order valence-electron chi connectivity index (χ3n) is 0. The van der Waals surface area contributed by atoms with Crippen LogP contribution in [0.5, 0.6) is 0 Å². The van der Waals surface area contributed by atoms with Gasteiger partial charge < -0.3 is 10.2 Å². The zero-order valence-electron chi connectivity index (χ0n) is 4.56. The topological polar surface area (TPSA) is 43.3 Å². The van der Waals surface area contributed by atoms with Crippen LogP contribution >= 0.6 is 0 Å². The number of aliphatic hydroxyl groups excluding tert-OH is 1. The molecule has 0 aliphatic rings. The molecule has 0 spiro atoms. The van der Waals surface area contributed by atoms with Crippen LogP contribution in [0, 0.1) is 0 Å². The monoisotopic (exact) mass is 84.1 g/mol. The Balaban J connectivity index is -0.0000000275. The molecule has 0 radical (unpaired) electrons. The van der Waals surface area contributed by atoms with Crippen LogP contribution in [-0.4, -0.2) is 18.8 Å². The summed E-state index contributed by atoms with van der Waals surface area (Å²) in [6, 6.07) is 0. The second kappa shape index (κ2) is 48.9. The zero-order chi connectivity index (χ0) is 4.71. The van der Waals surface area contributed by atoms with E-state index in [1.807, 2.05) is 0 Å². The van der Waals surface area contributed by atoms with Crippen molar-refractivity contribution in [3.63, 3.8) is 0 Å². The van der Waals surface area contributed by atoms with E-state index in [2.05, 4.69) is 0 Å². The van der Waals surface area contributed by atoms with Crippen LogP contribution < -0.4 is 24.0 Å². The first kappa shape index (κ1) is 16.0. The molecule has 0 fully saturated rings. The van der Waals surface area contributed by atoms with Gasteiger partial charge in [0.05, 0.1) is 0 Å². The van der Waals surface area contributed by atoms with E-state index in [4.69, 9.17) is 10.2 Å². The summed E-state index contributed by atoms with van der Waals surface area (Å²) in [5, 5.41) is 15.9. The maximum Gasteiger partial charge on any atom is 1.00 e. The molecule has 0 aromatic rings. The van der Waals surface area contributed by atoms with Gasteiger partial charge in [-0.2, -0.15) is 0 Å². The molecule has 0 aliphatic carbocycles. The molecule has 1 N–H and O–H groups in total. The summed E-state index contributed by atoms with van der Waals surface area (Å²) in [4.78, 5) is 0. The summed E-state index contributed by atoms with van der Waals surface area (Å²) in [6.45, 7) is 1.57. The Morgan fingerprint density at radius 2 is 1.50 bits per heavy atom. The molecule has 0 rings (SSSR count). The Morgan fingerprint density at radius 3 is 1.50 bits per heavy atom. The van der Waals surface area contributed by atoms with Crippen LogP contribution in [0.3, 0.4) is 0 Å². The summed E-state index contributed by atoms with van der Waals surface area (Å²) >= 11 is 0. The fourth-order valence-electron chi connectivity index (χ4n) is 0. The van der Waals surface area contributed by atoms with Crippen molar-refractivity contribution in [2.75, 3.05) is 13.7 Å². The number of rotatable bonds is 0. The standard InChI is InChI=1S/C2H5O.CH4O.Li/c1-2-3;1-2;/h2H2,1H3;2H,1H3;/q-1;;+1. The summed E-state index contributed by atoms with van der Waals surface area (Å²) in [5.74, 6) is 0. The van der Waals surface area contributed by atoms with Gasteiger partial charge in [0.2, 0.25) is 0 Å². The summed E-state index contributed by atoms with van der Waals surface area (Å²) in [5.41, 5.74) is 0. The largest absolute Gasteiger partial charge is 1.00 e. The van der Waals surface area contributed by atoms with Gasteiger partial charge in [-0.1, -0.05) is 6.92 Å². The Bertz CT molecular complexity index is 8.75. The fraction of sp³-hybridized carbons (Fsp3) is 1.00. The van der Waals surface area contributed by atoms with E-state index in [9.17, 15) is 0 Å². The van der Waals surface area contributed by atoms with Crippen LogP contribution in [0.2, 0.25) is 0 Å². The molecule has 0 atom stereocenters. The van der Waals surface area contributed by atoms with E-state index in [1.54, 1.807) is 6.92 Å². The van der Waals surface area contributed by atoms with Crippen molar-refractivity contribution in [2.45, 2.75) is 6.92 Å². The number of hydrogen-bond acceptors (Lipinski definition) is 2. The second-order valence-corrected chi connectivity index (χ2v) is 0.289. The molecule has 0 aromatic carbocycles. The maximum absolute atomic E-state index is 8.93. The van der Waals surface area contributed by atoms with Gasteiger partial charge in [-0.25, -0.2) is 0 Å². The van der Waals surface area contributed by atoms with Crippen LogP contribution in [0.1, 0.15) is 6.92 Å². The zero-order valence-corrected chi connectivity index (χ0v) is 4.56. The van der Waals surface area contributed by atoms with Gasteiger partial charge in [-0.3, -0.25) is 0 Å². The Hall–Kier alpha value is 0.517. The van der Waals surface area contributed by atoms with Crippen LogP contribution in [0.4, 0.5) is 0 Å². The van der Waals surface area contributed by atoms with Crippen molar-refractivity contribution >= 4 is 0 Å². The van der Waals surface area contributed by atoms with E-state index in [0.29, 0.717) is 0 Å². The first-order valence-corrected chi connectivity index (χ1v) is 1.44. The van der Waals surface area contributed by atoms with Gasteiger partial charge in [0.1, 0.15) is 0 Å². The Labute approximate surface area is 50.4 Å². The molecule has 6 heavy (non-hydrogen) atoms. The first-order chi connectivity index (χ1) is 2.41. The summed E-state index contributed by atoms with van der Waals surface area (Å²) in [6.07, 6.45) is 0. The van der Waals surface area contributed by atoms with Crippen molar-refractivity contribution < 1.29 is 29.1 Å². The van der Waals surface area contributed by atoms with Gasteiger partial charge in [-0.05, 0) is 0 Å². The molecule has 0 saturated carbocycles. The van der Waals surface area contributed by atoms with Gasteiger partial charge >= 0.3 is 18.9 Å². The second-order valence-electron chi connectivity index (χ2n) is 0.289.